The Morgan fingerprint density at radius 1 is 1.45 bits per heavy atom. The first-order valence-electron chi connectivity index (χ1n) is 5.66. The molecule has 20 heavy (non-hydrogen) atoms. The Balaban J connectivity index is 3.13. The van der Waals surface area contributed by atoms with Gasteiger partial charge in [-0.15, -0.1) is 13.2 Å². The van der Waals surface area contributed by atoms with Gasteiger partial charge in [-0.25, -0.2) is 0 Å². The molecule has 0 radical (unpaired) electrons. The number of rotatable bonds is 5. The van der Waals surface area contributed by atoms with Gasteiger partial charge in [0.15, 0.2) is 0 Å². The minimum Gasteiger partial charge on any atom is -0.466 e. The van der Waals surface area contributed by atoms with Crippen LogP contribution in [0.1, 0.15) is 18.1 Å². The molecule has 0 spiro atoms. The van der Waals surface area contributed by atoms with Gasteiger partial charge in [-0.1, -0.05) is 0 Å². The summed E-state index contributed by atoms with van der Waals surface area (Å²) < 4.78 is 45.3. The summed E-state index contributed by atoms with van der Waals surface area (Å²) in [6.45, 7) is 1.48. The first-order chi connectivity index (χ1) is 9.26. The van der Waals surface area contributed by atoms with Gasteiger partial charge in [-0.3, -0.25) is 4.79 Å². The number of carbonyl (C=O) groups is 1. The average molecular weight is 293 g/mol. The summed E-state index contributed by atoms with van der Waals surface area (Å²) >= 11 is 0. The van der Waals surface area contributed by atoms with Gasteiger partial charge in [0.1, 0.15) is 5.82 Å². The van der Waals surface area contributed by atoms with Gasteiger partial charge in [-0.05, 0) is 18.6 Å². The molecule has 0 unspecified atom stereocenters. The molecule has 4 N–H and O–H groups in total. The minimum absolute atomic E-state index is 0.0374. The molecule has 1 heterocycles. The molecule has 9 heteroatoms. The van der Waals surface area contributed by atoms with Crippen LogP contribution >= 0.6 is 0 Å². The highest BCUT2D eigenvalue weighted by molar-refractivity contribution is 5.73. The third-order valence-corrected chi connectivity index (χ3v) is 2.26. The van der Waals surface area contributed by atoms with Crippen LogP contribution in [0.2, 0.25) is 0 Å². The molecule has 0 saturated heterocycles. The van der Waals surface area contributed by atoms with Crippen LogP contribution in [-0.2, 0) is 22.5 Å². The fraction of sp³-hybridized carbons (Fsp3) is 0.455. The summed E-state index contributed by atoms with van der Waals surface area (Å²) in [5.74, 6) is -1.56. The van der Waals surface area contributed by atoms with Crippen molar-refractivity contribution in [2.45, 2.75) is 26.3 Å². The van der Waals surface area contributed by atoms with Gasteiger partial charge in [0, 0.05) is 12.1 Å². The van der Waals surface area contributed by atoms with Gasteiger partial charge in [0.25, 0.3) is 0 Å². The Kier molecular flexibility index (Phi) is 5.14. The van der Waals surface area contributed by atoms with Crippen molar-refractivity contribution in [1.82, 2.24) is 4.98 Å². The van der Waals surface area contributed by atoms with Crippen molar-refractivity contribution in [1.29, 1.82) is 0 Å². The van der Waals surface area contributed by atoms with Crippen LogP contribution in [0.4, 0.5) is 19.0 Å². The summed E-state index contributed by atoms with van der Waals surface area (Å²) in [6, 6.07) is 1.27. The van der Waals surface area contributed by atoms with E-state index in [0.29, 0.717) is 0 Å². The summed E-state index contributed by atoms with van der Waals surface area (Å²) in [4.78, 5) is 14.8. The number of ether oxygens (including phenoxy) is 2. The van der Waals surface area contributed by atoms with Gasteiger partial charge in [0.05, 0.1) is 13.0 Å². The van der Waals surface area contributed by atoms with Crippen molar-refractivity contribution in [2.75, 3.05) is 12.3 Å². The second-order valence-corrected chi connectivity index (χ2v) is 3.72. The molecule has 1 aromatic heterocycles. The molecule has 0 amide bonds. The quantitative estimate of drug-likeness (QED) is 0.789. The first kappa shape index (κ1) is 16.0. The van der Waals surface area contributed by atoms with Crippen molar-refractivity contribution in [2.24, 2.45) is 5.73 Å². The Hall–Kier alpha value is -2.03. The van der Waals surface area contributed by atoms with E-state index in [4.69, 9.17) is 16.2 Å². The summed E-state index contributed by atoms with van der Waals surface area (Å²) in [6.07, 6.45) is -5.19. The Morgan fingerprint density at radius 2 is 2.10 bits per heavy atom. The standard InChI is InChI=1S/C11H14F3N3O3/c1-2-19-9(18)4-6-3-8(16)17-10(7(6)5-15)20-11(12,13)14/h3H,2,4-5,15H2,1H3,(H2,16,17). The van der Waals surface area contributed by atoms with Crippen molar-refractivity contribution in [3.63, 3.8) is 0 Å². The zero-order valence-corrected chi connectivity index (χ0v) is 10.7. The number of pyridine rings is 1. The smallest absolute Gasteiger partial charge is 0.466 e. The van der Waals surface area contributed by atoms with Crippen molar-refractivity contribution in [3.8, 4) is 5.88 Å². The van der Waals surface area contributed by atoms with Crippen LogP contribution in [0.5, 0.6) is 5.88 Å². The van der Waals surface area contributed by atoms with E-state index in [0.717, 1.165) is 0 Å². The highest BCUT2D eigenvalue weighted by Gasteiger charge is 2.33. The third kappa shape index (κ3) is 4.57. The second-order valence-electron chi connectivity index (χ2n) is 3.72. The van der Waals surface area contributed by atoms with E-state index in [-0.39, 0.29) is 36.5 Å². The predicted molar refractivity (Wildman–Crippen MR) is 63.6 cm³/mol. The fourth-order valence-electron chi connectivity index (χ4n) is 1.56. The van der Waals surface area contributed by atoms with Crippen LogP contribution in [0.3, 0.4) is 0 Å². The molecule has 112 valence electrons. The van der Waals surface area contributed by atoms with Crippen molar-refractivity contribution >= 4 is 11.8 Å². The second kappa shape index (κ2) is 6.42. The topological polar surface area (TPSA) is 100 Å². The van der Waals surface area contributed by atoms with Crippen LogP contribution < -0.4 is 16.2 Å². The lowest BCUT2D eigenvalue weighted by Crippen LogP contribution is -2.21. The number of esters is 1. The molecular weight excluding hydrogens is 279 g/mol. The molecule has 6 nitrogen and oxygen atoms in total. The van der Waals surface area contributed by atoms with Gasteiger partial charge < -0.3 is 20.9 Å². The molecule has 0 saturated carbocycles. The molecule has 0 aliphatic heterocycles. The number of nitrogen functional groups attached to an aromatic ring is 1. The Bertz CT molecular complexity index is 492. The SMILES string of the molecule is CCOC(=O)Cc1cc(N)nc(OC(F)(F)F)c1CN. The first-order valence-corrected chi connectivity index (χ1v) is 5.66. The van der Waals surface area contributed by atoms with Crippen molar-refractivity contribution < 1.29 is 27.4 Å². The lowest BCUT2D eigenvalue weighted by Gasteiger charge is -2.15. The van der Waals surface area contributed by atoms with Crippen molar-refractivity contribution in [3.05, 3.63) is 17.2 Å². The molecule has 0 aliphatic rings. The van der Waals surface area contributed by atoms with E-state index in [1.807, 2.05) is 0 Å². The third-order valence-electron chi connectivity index (χ3n) is 2.26. The number of hydrogen-bond donors (Lipinski definition) is 2. The van der Waals surface area contributed by atoms with Crippen LogP contribution in [-0.4, -0.2) is 23.9 Å². The molecular formula is C11H14F3N3O3. The largest absolute Gasteiger partial charge is 0.574 e. The number of halogens is 3. The normalized spacial score (nSPS) is 11.2. The zero-order chi connectivity index (χ0) is 15.3. The van der Waals surface area contributed by atoms with E-state index >= 15 is 0 Å². The number of nitrogens with zero attached hydrogens (tertiary/aromatic N) is 1. The maximum absolute atomic E-state index is 12.3. The fourth-order valence-corrected chi connectivity index (χ4v) is 1.56. The van der Waals surface area contributed by atoms with E-state index in [1.54, 1.807) is 6.92 Å². The molecule has 0 bridgehead atoms. The Labute approximate surface area is 112 Å². The summed E-state index contributed by atoms with van der Waals surface area (Å²) in [7, 11) is 0. The van der Waals surface area contributed by atoms with E-state index < -0.39 is 18.2 Å². The van der Waals surface area contributed by atoms with Gasteiger partial charge in [0.2, 0.25) is 5.88 Å². The molecule has 0 atom stereocenters. The van der Waals surface area contributed by atoms with E-state index in [2.05, 4.69) is 9.72 Å². The number of alkyl halides is 3. The van der Waals surface area contributed by atoms with Crippen LogP contribution in [0, 0.1) is 0 Å². The number of hydrogen-bond acceptors (Lipinski definition) is 6. The molecule has 0 aromatic carbocycles. The number of nitrogens with two attached hydrogens (primary N) is 2. The zero-order valence-electron chi connectivity index (χ0n) is 10.7. The summed E-state index contributed by atoms with van der Waals surface area (Å²) in [5, 5.41) is 0. The lowest BCUT2D eigenvalue weighted by molar-refractivity contribution is -0.276. The highest BCUT2D eigenvalue weighted by Crippen LogP contribution is 2.28. The maximum Gasteiger partial charge on any atom is 0.574 e. The maximum atomic E-state index is 12.3. The minimum atomic E-state index is -4.92. The highest BCUT2D eigenvalue weighted by atomic mass is 19.4. The molecule has 1 rings (SSSR count). The predicted octanol–water partition coefficient (Wildman–Crippen LogP) is 1.13. The lowest BCUT2D eigenvalue weighted by atomic mass is 10.1. The number of carbonyl (C=O) groups excluding carboxylic acids is 1. The average Bonchev–Trinajstić information content (AvgIpc) is 2.26. The van der Waals surface area contributed by atoms with Gasteiger partial charge in [-0.2, -0.15) is 4.98 Å². The molecule has 0 aliphatic carbocycles. The van der Waals surface area contributed by atoms with E-state index in [1.165, 1.54) is 6.07 Å². The molecule has 0 fully saturated rings. The Morgan fingerprint density at radius 3 is 2.60 bits per heavy atom. The van der Waals surface area contributed by atoms with Crippen LogP contribution in [0.15, 0.2) is 6.07 Å². The monoisotopic (exact) mass is 293 g/mol. The summed E-state index contributed by atoms with van der Waals surface area (Å²) in [5.41, 5.74) is 10.9. The van der Waals surface area contributed by atoms with Gasteiger partial charge >= 0.3 is 12.3 Å². The van der Waals surface area contributed by atoms with E-state index in [9.17, 15) is 18.0 Å². The number of aromatic nitrogens is 1. The molecule has 1 aromatic rings. The van der Waals surface area contributed by atoms with Crippen LogP contribution in [0.25, 0.3) is 0 Å². The number of anilines is 1.